The molecular formula is C17H19ClN2O3. The molecule has 23 heavy (non-hydrogen) atoms. The van der Waals surface area contributed by atoms with Gasteiger partial charge in [-0.15, -0.1) is 0 Å². The van der Waals surface area contributed by atoms with Crippen LogP contribution >= 0.6 is 11.6 Å². The van der Waals surface area contributed by atoms with Crippen molar-refractivity contribution >= 4 is 23.5 Å². The molecular weight excluding hydrogens is 316 g/mol. The Balaban J connectivity index is 2.15. The molecule has 2 N–H and O–H groups in total. The van der Waals surface area contributed by atoms with Gasteiger partial charge in [-0.1, -0.05) is 17.7 Å². The van der Waals surface area contributed by atoms with Crippen LogP contribution < -0.4 is 5.32 Å². The maximum Gasteiger partial charge on any atom is 0.413 e. The number of pyridine rings is 1. The van der Waals surface area contributed by atoms with Gasteiger partial charge in [0.05, 0.1) is 6.61 Å². The number of amides is 1. The van der Waals surface area contributed by atoms with E-state index < -0.39 is 11.7 Å². The van der Waals surface area contributed by atoms with Gasteiger partial charge in [0.1, 0.15) is 11.4 Å². The highest BCUT2D eigenvalue weighted by atomic mass is 35.5. The minimum Gasteiger partial charge on any atom is -0.444 e. The van der Waals surface area contributed by atoms with E-state index in [0.29, 0.717) is 10.8 Å². The maximum atomic E-state index is 11.7. The summed E-state index contributed by atoms with van der Waals surface area (Å²) in [7, 11) is 0. The first-order valence-electron chi connectivity index (χ1n) is 7.14. The molecule has 2 rings (SSSR count). The third kappa shape index (κ3) is 4.94. The van der Waals surface area contributed by atoms with Crippen molar-refractivity contribution in [3.63, 3.8) is 0 Å². The van der Waals surface area contributed by atoms with Crippen LogP contribution in [0.3, 0.4) is 0 Å². The van der Waals surface area contributed by atoms with E-state index in [4.69, 9.17) is 16.3 Å². The van der Waals surface area contributed by atoms with Crippen molar-refractivity contribution in [3.8, 4) is 11.1 Å². The smallest absolute Gasteiger partial charge is 0.413 e. The number of carbonyl (C=O) groups excluding carboxylic acids is 1. The van der Waals surface area contributed by atoms with Crippen LogP contribution in [0, 0.1) is 0 Å². The highest BCUT2D eigenvalue weighted by Gasteiger charge is 2.16. The number of nitrogens with zero attached hydrogens (tertiary/aromatic N) is 1. The predicted octanol–water partition coefficient (Wildman–Crippen LogP) is 4.24. The summed E-state index contributed by atoms with van der Waals surface area (Å²) in [6.07, 6.45) is 1.05. The van der Waals surface area contributed by atoms with Crippen LogP contribution in [0.5, 0.6) is 0 Å². The van der Waals surface area contributed by atoms with Crippen LogP contribution in [0.2, 0.25) is 5.02 Å². The molecule has 0 atom stereocenters. The van der Waals surface area contributed by atoms with Crippen molar-refractivity contribution in [2.75, 3.05) is 5.32 Å². The summed E-state index contributed by atoms with van der Waals surface area (Å²) in [4.78, 5) is 15.9. The summed E-state index contributed by atoms with van der Waals surface area (Å²) in [5.41, 5.74) is 1.76. The van der Waals surface area contributed by atoms with Crippen molar-refractivity contribution in [1.29, 1.82) is 0 Å². The minimum absolute atomic E-state index is 0.0596. The zero-order chi connectivity index (χ0) is 17.0. The zero-order valence-electron chi connectivity index (χ0n) is 13.3. The number of nitrogens with one attached hydrogen (secondary N) is 1. The highest BCUT2D eigenvalue weighted by Crippen LogP contribution is 2.29. The molecule has 0 fully saturated rings. The number of halogens is 1. The molecule has 0 saturated carbocycles. The number of benzene rings is 1. The second kappa shape index (κ2) is 6.98. The molecule has 6 heteroatoms. The van der Waals surface area contributed by atoms with Crippen molar-refractivity contribution in [3.05, 3.63) is 47.1 Å². The van der Waals surface area contributed by atoms with Crippen LogP contribution in [-0.4, -0.2) is 21.8 Å². The molecule has 1 aromatic heterocycles. The molecule has 1 amide bonds. The molecule has 0 aliphatic heterocycles. The van der Waals surface area contributed by atoms with Gasteiger partial charge in [-0.2, -0.15) is 0 Å². The molecule has 0 aliphatic rings. The number of aliphatic hydroxyl groups is 1. The fraction of sp³-hybridized carbons (Fsp3) is 0.294. The minimum atomic E-state index is -0.567. The number of hydrogen-bond donors (Lipinski definition) is 2. The maximum absolute atomic E-state index is 11.7. The molecule has 0 radical (unpaired) electrons. The molecule has 0 aliphatic carbocycles. The average molecular weight is 335 g/mol. The molecule has 0 unspecified atom stereocenters. The van der Waals surface area contributed by atoms with Gasteiger partial charge in [0.2, 0.25) is 0 Å². The topological polar surface area (TPSA) is 71.5 Å². The lowest BCUT2D eigenvalue weighted by Gasteiger charge is -2.19. The van der Waals surface area contributed by atoms with Crippen LogP contribution in [0.4, 0.5) is 10.6 Å². The van der Waals surface area contributed by atoms with E-state index in [2.05, 4.69) is 10.3 Å². The van der Waals surface area contributed by atoms with E-state index >= 15 is 0 Å². The molecule has 2 aromatic rings. The van der Waals surface area contributed by atoms with Crippen molar-refractivity contribution in [2.45, 2.75) is 33.0 Å². The lowest BCUT2D eigenvalue weighted by molar-refractivity contribution is 0.0635. The Bertz CT molecular complexity index is 694. The Labute approximate surface area is 140 Å². The van der Waals surface area contributed by atoms with Gasteiger partial charge in [0, 0.05) is 22.3 Å². The third-order valence-corrected chi connectivity index (χ3v) is 3.25. The zero-order valence-corrected chi connectivity index (χ0v) is 14.0. The standard InChI is InChI=1S/C17H19ClN2O3/c1-17(2,3)23-16(22)20-15-7-5-12(9-19-15)13-8-11(10-21)4-6-14(13)18/h4-9,21H,10H2,1-3H3,(H,19,20,22). The Morgan fingerprint density at radius 2 is 2.04 bits per heavy atom. The summed E-state index contributed by atoms with van der Waals surface area (Å²) < 4.78 is 5.17. The monoisotopic (exact) mass is 334 g/mol. The Morgan fingerprint density at radius 3 is 2.61 bits per heavy atom. The van der Waals surface area contributed by atoms with Crippen LogP contribution in [0.1, 0.15) is 26.3 Å². The van der Waals surface area contributed by atoms with E-state index in [1.165, 1.54) is 0 Å². The van der Waals surface area contributed by atoms with E-state index in [1.54, 1.807) is 57.3 Å². The van der Waals surface area contributed by atoms with Gasteiger partial charge in [-0.05, 0) is 50.6 Å². The first-order chi connectivity index (χ1) is 10.8. The van der Waals surface area contributed by atoms with Gasteiger partial charge in [0.15, 0.2) is 0 Å². The van der Waals surface area contributed by atoms with Crippen molar-refractivity contribution < 1.29 is 14.6 Å². The van der Waals surface area contributed by atoms with Crippen LogP contribution in [0.25, 0.3) is 11.1 Å². The van der Waals surface area contributed by atoms with Crippen LogP contribution in [-0.2, 0) is 11.3 Å². The summed E-state index contributed by atoms with van der Waals surface area (Å²) in [5, 5.41) is 12.4. The van der Waals surface area contributed by atoms with Gasteiger partial charge in [-0.3, -0.25) is 5.32 Å². The van der Waals surface area contributed by atoms with Crippen molar-refractivity contribution in [2.24, 2.45) is 0 Å². The number of aromatic nitrogens is 1. The number of carbonyl (C=O) groups is 1. The second-order valence-corrected chi connectivity index (χ2v) is 6.44. The van der Waals surface area contributed by atoms with Gasteiger partial charge >= 0.3 is 6.09 Å². The Hall–Kier alpha value is -2.11. The largest absolute Gasteiger partial charge is 0.444 e. The van der Waals surface area contributed by atoms with E-state index in [1.807, 2.05) is 0 Å². The normalized spacial score (nSPS) is 11.2. The Morgan fingerprint density at radius 1 is 1.30 bits per heavy atom. The molecule has 0 bridgehead atoms. The first-order valence-corrected chi connectivity index (χ1v) is 7.52. The third-order valence-electron chi connectivity index (χ3n) is 2.92. The van der Waals surface area contributed by atoms with Crippen LogP contribution in [0.15, 0.2) is 36.5 Å². The summed E-state index contributed by atoms with van der Waals surface area (Å²) >= 11 is 6.19. The number of anilines is 1. The number of ether oxygens (including phenoxy) is 1. The number of rotatable bonds is 3. The molecule has 5 nitrogen and oxygen atoms in total. The second-order valence-electron chi connectivity index (χ2n) is 6.03. The first kappa shape index (κ1) is 17.2. The average Bonchev–Trinajstić information content (AvgIpc) is 2.47. The van der Waals surface area contributed by atoms with E-state index in [0.717, 1.165) is 16.7 Å². The van der Waals surface area contributed by atoms with Gasteiger partial charge < -0.3 is 9.84 Å². The lowest BCUT2D eigenvalue weighted by atomic mass is 10.0. The molecule has 1 heterocycles. The molecule has 122 valence electrons. The lowest BCUT2D eigenvalue weighted by Crippen LogP contribution is -2.27. The SMILES string of the molecule is CC(C)(C)OC(=O)Nc1ccc(-c2cc(CO)ccc2Cl)cn1. The molecule has 0 saturated heterocycles. The van der Waals surface area contributed by atoms with Gasteiger partial charge in [-0.25, -0.2) is 9.78 Å². The number of hydrogen-bond acceptors (Lipinski definition) is 4. The summed E-state index contributed by atoms with van der Waals surface area (Å²) in [6, 6.07) is 8.76. The summed E-state index contributed by atoms with van der Waals surface area (Å²) in [6.45, 7) is 5.31. The predicted molar refractivity (Wildman–Crippen MR) is 90.5 cm³/mol. The molecule has 1 aromatic carbocycles. The van der Waals surface area contributed by atoms with E-state index in [-0.39, 0.29) is 6.61 Å². The summed E-state index contributed by atoms with van der Waals surface area (Å²) in [5.74, 6) is 0.387. The number of aliphatic hydroxyl groups excluding tert-OH is 1. The van der Waals surface area contributed by atoms with Crippen molar-refractivity contribution in [1.82, 2.24) is 4.98 Å². The fourth-order valence-corrected chi connectivity index (χ4v) is 2.15. The molecule has 0 spiro atoms. The quantitative estimate of drug-likeness (QED) is 0.880. The van der Waals surface area contributed by atoms with E-state index in [9.17, 15) is 9.90 Å². The fourth-order valence-electron chi connectivity index (χ4n) is 1.93. The highest BCUT2D eigenvalue weighted by molar-refractivity contribution is 6.33. The Kier molecular flexibility index (Phi) is 5.23. The van der Waals surface area contributed by atoms with Gasteiger partial charge in [0.25, 0.3) is 0 Å².